The number of nitrogens with zero attached hydrogens (tertiary/aromatic N) is 3. The Morgan fingerprint density at radius 1 is 1.35 bits per heavy atom. The van der Waals surface area contributed by atoms with E-state index in [0.717, 1.165) is 17.8 Å². The molecule has 1 N–H and O–H groups in total. The number of aromatic nitrogens is 2. The van der Waals surface area contributed by atoms with Gasteiger partial charge in [-0.1, -0.05) is 0 Å². The maximum absolute atomic E-state index is 12.5. The number of alkyl halides is 3. The summed E-state index contributed by atoms with van der Waals surface area (Å²) in [6.45, 7) is 0.334. The third kappa shape index (κ3) is 3.09. The Morgan fingerprint density at radius 3 is 2.65 bits per heavy atom. The molecule has 0 radical (unpaired) electrons. The summed E-state index contributed by atoms with van der Waals surface area (Å²) in [6.07, 6.45) is -2.69. The molecule has 0 fully saturated rings. The Morgan fingerprint density at radius 2 is 2.10 bits per heavy atom. The summed E-state index contributed by atoms with van der Waals surface area (Å²) in [5, 5.41) is 16.0. The van der Waals surface area contributed by atoms with E-state index in [1.54, 1.807) is 30.1 Å². The predicted molar refractivity (Wildman–Crippen MR) is 66.7 cm³/mol. The van der Waals surface area contributed by atoms with E-state index in [2.05, 4.69) is 10.4 Å². The number of hydrogen-bond acceptors (Lipinski definition) is 3. The van der Waals surface area contributed by atoms with Crippen LogP contribution in [0.4, 0.5) is 18.9 Å². The van der Waals surface area contributed by atoms with Crippen LogP contribution in [0.5, 0.6) is 0 Å². The number of benzene rings is 1. The van der Waals surface area contributed by atoms with Gasteiger partial charge < -0.3 is 5.32 Å². The zero-order valence-corrected chi connectivity index (χ0v) is 10.6. The molecule has 1 aromatic heterocycles. The zero-order valence-electron chi connectivity index (χ0n) is 10.6. The van der Waals surface area contributed by atoms with Gasteiger partial charge in [0, 0.05) is 13.2 Å². The maximum Gasteiger partial charge on any atom is 0.416 e. The SMILES string of the molecule is Cn1ccc(CNc2ccc(C(F)(F)F)cc2C#N)n1. The second-order valence-electron chi connectivity index (χ2n) is 4.20. The van der Waals surface area contributed by atoms with Crippen LogP contribution in [0.2, 0.25) is 0 Å². The smallest absolute Gasteiger partial charge is 0.378 e. The molecule has 1 aromatic carbocycles. The topological polar surface area (TPSA) is 53.6 Å². The highest BCUT2D eigenvalue weighted by atomic mass is 19.4. The van der Waals surface area contributed by atoms with E-state index in [-0.39, 0.29) is 5.56 Å². The summed E-state index contributed by atoms with van der Waals surface area (Å²) in [5.74, 6) is 0. The number of nitriles is 1. The van der Waals surface area contributed by atoms with Gasteiger partial charge in [-0.3, -0.25) is 4.68 Å². The van der Waals surface area contributed by atoms with Crippen molar-refractivity contribution in [1.82, 2.24) is 9.78 Å². The molecule has 0 atom stereocenters. The van der Waals surface area contributed by atoms with Crippen LogP contribution in [0.1, 0.15) is 16.8 Å². The van der Waals surface area contributed by atoms with Gasteiger partial charge >= 0.3 is 6.18 Å². The maximum atomic E-state index is 12.5. The first-order valence-electron chi connectivity index (χ1n) is 5.74. The molecule has 0 spiro atoms. The van der Waals surface area contributed by atoms with Crippen molar-refractivity contribution in [3.63, 3.8) is 0 Å². The number of anilines is 1. The number of rotatable bonds is 3. The van der Waals surface area contributed by atoms with Crippen LogP contribution in [-0.4, -0.2) is 9.78 Å². The number of aryl methyl sites for hydroxylation is 1. The van der Waals surface area contributed by atoms with Crippen LogP contribution >= 0.6 is 0 Å². The third-order valence-electron chi connectivity index (χ3n) is 2.70. The van der Waals surface area contributed by atoms with Crippen LogP contribution in [0.15, 0.2) is 30.5 Å². The van der Waals surface area contributed by atoms with Crippen molar-refractivity contribution in [3.8, 4) is 6.07 Å². The van der Waals surface area contributed by atoms with Crippen LogP contribution in [0.25, 0.3) is 0 Å². The van der Waals surface area contributed by atoms with Crippen molar-refractivity contribution in [1.29, 1.82) is 5.26 Å². The lowest BCUT2D eigenvalue weighted by molar-refractivity contribution is -0.137. The second-order valence-corrected chi connectivity index (χ2v) is 4.20. The molecule has 0 aliphatic carbocycles. The molecule has 0 aliphatic rings. The lowest BCUT2D eigenvalue weighted by Gasteiger charge is -2.10. The fourth-order valence-corrected chi connectivity index (χ4v) is 1.71. The second kappa shape index (κ2) is 5.25. The highest BCUT2D eigenvalue weighted by Crippen LogP contribution is 2.31. The first-order valence-corrected chi connectivity index (χ1v) is 5.74. The Bertz CT molecular complexity index is 652. The van der Waals surface area contributed by atoms with Gasteiger partial charge in [-0.05, 0) is 24.3 Å². The van der Waals surface area contributed by atoms with Crippen molar-refractivity contribution < 1.29 is 13.2 Å². The minimum absolute atomic E-state index is 0.0456. The molecule has 2 rings (SSSR count). The molecule has 0 bridgehead atoms. The summed E-state index contributed by atoms with van der Waals surface area (Å²) < 4.78 is 39.3. The number of hydrogen-bond donors (Lipinski definition) is 1. The van der Waals surface area contributed by atoms with Crippen LogP contribution < -0.4 is 5.32 Å². The van der Waals surface area contributed by atoms with E-state index in [1.807, 2.05) is 0 Å². The quantitative estimate of drug-likeness (QED) is 0.940. The van der Waals surface area contributed by atoms with Crippen molar-refractivity contribution in [3.05, 3.63) is 47.3 Å². The largest absolute Gasteiger partial charge is 0.416 e. The van der Waals surface area contributed by atoms with Crippen molar-refractivity contribution in [2.75, 3.05) is 5.32 Å². The van der Waals surface area contributed by atoms with Crippen LogP contribution in [0.3, 0.4) is 0 Å². The fourth-order valence-electron chi connectivity index (χ4n) is 1.71. The van der Waals surface area contributed by atoms with Gasteiger partial charge in [-0.25, -0.2) is 0 Å². The van der Waals surface area contributed by atoms with Gasteiger partial charge in [0.25, 0.3) is 0 Å². The van der Waals surface area contributed by atoms with Crippen molar-refractivity contribution in [2.45, 2.75) is 12.7 Å². The fraction of sp³-hybridized carbons (Fsp3) is 0.231. The number of nitrogens with one attached hydrogen (secondary N) is 1. The molecule has 0 aliphatic heterocycles. The van der Waals surface area contributed by atoms with E-state index in [9.17, 15) is 13.2 Å². The Labute approximate surface area is 113 Å². The third-order valence-corrected chi connectivity index (χ3v) is 2.70. The summed E-state index contributed by atoms with van der Waals surface area (Å²) >= 11 is 0. The molecule has 1 heterocycles. The molecular weight excluding hydrogens is 269 g/mol. The first-order chi connectivity index (χ1) is 9.40. The first kappa shape index (κ1) is 13.9. The molecule has 0 saturated carbocycles. The minimum Gasteiger partial charge on any atom is -0.378 e. The average molecular weight is 280 g/mol. The molecule has 0 amide bonds. The van der Waals surface area contributed by atoms with Crippen LogP contribution in [0, 0.1) is 11.3 Å². The Hall–Kier alpha value is -2.49. The normalized spacial score (nSPS) is 11.2. The molecular formula is C13H11F3N4. The van der Waals surface area contributed by atoms with E-state index in [4.69, 9.17) is 5.26 Å². The Balaban J connectivity index is 2.18. The van der Waals surface area contributed by atoms with Gasteiger partial charge in [0.1, 0.15) is 6.07 Å². The summed E-state index contributed by atoms with van der Waals surface area (Å²) in [4.78, 5) is 0. The molecule has 2 aromatic rings. The van der Waals surface area contributed by atoms with Gasteiger partial charge in [-0.15, -0.1) is 0 Å². The van der Waals surface area contributed by atoms with Crippen molar-refractivity contribution in [2.24, 2.45) is 7.05 Å². The van der Waals surface area contributed by atoms with Gasteiger partial charge in [0.15, 0.2) is 0 Å². The van der Waals surface area contributed by atoms with Crippen LogP contribution in [-0.2, 0) is 19.8 Å². The van der Waals surface area contributed by atoms with Gasteiger partial charge in [-0.2, -0.15) is 23.5 Å². The predicted octanol–water partition coefficient (Wildman–Crippen LogP) is 2.92. The molecule has 104 valence electrons. The summed E-state index contributed by atoms with van der Waals surface area (Å²) in [6, 6.07) is 6.58. The van der Waals surface area contributed by atoms with E-state index < -0.39 is 11.7 Å². The lowest BCUT2D eigenvalue weighted by Crippen LogP contribution is -2.07. The Kier molecular flexibility index (Phi) is 3.66. The van der Waals surface area contributed by atoms with E-state index in [1.165, 1.54) is 6.07 Å². The van der Waals surface area contributed by atoms with Gasteiger partial charge in [0.2, 0.25) is 0 Å². The van der Waals surface area contributed by atoms with Crippen molar-refractivity contribution >= 4 is 5.69 Å². The highest BCUT2D eigenvalue weighted by molar-refractivity contribution is 5.59. The molecule has 4 nitrogen and oxygen atoms in total. The molecule has 0 saturated heterocycles. The minimum atomic E-state index is -4.45. The van der Waals surface area contributed by atoms with E-state index in [0.29, 0.717) is 12.2 Å². The standard InChI is InChI=1S/C13H11F3N4/c1-20-5-4-11(19-20)8-18-12-3-2-10(13(14,15)16)6-9(12)7-17/h2-6,18H,8H2,1H3. The average Bonchev–Trinajstić information content (AvgIpc) is 2.81. The monoisotopic (exact) mass is 280 g/mol. The lowest BCUT2D eigenvalue weighted by atomic mass is 10.1. The van der Waals surface area contributed by atoms with E-state index >= 15 is 0 Å². The van der Waals surface area contributed by atoms with Gasteiger partial charge in [0.05, 0.1) is 29.1 Å². The molecule has 7 heteroatoms. The zero-order chi connectivity index (χ0) is 14.8. The summed E-state index contributed by atoms with van der Waals surface area (Å²) in [7, 11) is 1.77. The highest BCUT2D eigenvalue weighted by Gasteiger charge is 2.31. The molecule has 0 unspecified atom stereocenters. The summed E-state index contributed by atoms with van der Waals surface area (Å²) in [5.41, 5.74) is 0.204. The number of halogens is 3. The molecule has 20 heavy (non-hydrogen) atoms.